The monoisotopic (exact) mass is 293 g/mol. The Balaban J connectivity index is 1.63. The first kappa shape index (κ1) is 14.3. The summed E-state index contributed by atoms with van der Waals surface area (Å²) in [4.78, 5) is 19.4. The Kier molecular flexibility index (Phi) is 3.92. The summed E-state index contributed by atoms with van der Waals surface area (Å²) in [5, 5.41) is 2.98. The Morgan fingerprint density at radius 1 is 1.18 bits per heavy atom. The molecule has 1 heterocycles. The number of nitrogens with zero attached hydrogens (tertiary/aromatic N) is 1. The molecule has 0 aliphatic carbocycles. The molecule has 4 heteroatoms. The van der Waals surface area contributed by atoms with Crippen molar-refractivity contribution in [2.45, 2.75) is 20.3 Å². The van der Waals surface area contributed by atoms with Gasteiger partial charge in [0, 0.05) is 12.1 Å². The topological polar surface area (TPSA) is 57.8 Å². The molecule has 0 radical (unpaired) electrons. The third-order valence-electron chi connectivity index (χ3n) is 3.87. The number of imidazole rings is 1. The lowest BCUT2D eigenvalue weighted by atomic mass is 10.0. The Morgan fingerprint density at radius 3 is 2.91 bits per heavy atom. The summed E-state index contributed by atoms with van der Waals surface area (Å²) in [5.41, 5.74) is 6.19. The highest BCUT2D eigenvalue weighted by Crippen LogP contribution is 2.12. The molecule has 0 bridgehead atoms. The van der Waals surface area contributed by atoms with Crippen LogP contribution in [0.25, 0.3) is 11.0 Å². The number of aryl methyl sites for hydroxylation is 2. The Labute approximate surface area is 129 Å². The Morgan fingerprint density at radius 2 is 2.05 bits per heavy atom. The molecular weight excluding hydrogens is 274 g/mol. The van der Waals surface area contributed by atoms with E-state index in [2.05, 4.69) is 47.3 Å². The van der Waals surface area contributed by atoms with Crippen LogP contribution in [0.2, 0.25) is 0 Å². The molecule has 112 valence electrons. The molecule has 22 heavy (non-hydrogen) atoms. The molecule has 0 fully saturated rings. The van der Waals surface area contributed by atoms with Gasteiger partial charge in [-0.3, -0.25) is 4.79 Å². The van der Waals surface area contributed by atoms with Gasteiger partial charge in [0.25, 0.3) is 5.91 Å². The number of aromatic amines is 1. The molecule has 3 aromatic rings. The van der Waals surface area contributed by atoms with Crippen molar-refractivity contribution in [1.82, 2.24) is 15.3 Å². The largest absolute Gasteiger partial charge is 0.352 e. The minimum Gasteiger partial charge on any atom is -0.352 e. The standard InChI is InChI=1S/C18H19N3O/c1-12-3-4-13(2)14(9-12)7-8-19-18(22)15-5-6-16-17(10-15)21-11-20-16/h3-6,9-11H,7-8H2,1-2H3,(H,19,22)(H,20,21). The summed E-state index contributed by atoms with van der Waals surface area (Å²) in [6, 6.07) is 11.9. The third kappa shape index (κ3) is 3.01. The summed E-state index contributed by atoms with van der Waals surface area (Å²) >= 11 is 0. The van der Waals surface area contributed by atoms with Gasteiger partial charge < -0.3 is 10.3 Å². The quantitative estimate of drug-likeness (QED) is 0.776. The zero-order chi connectivity index (χ0) is 15.5. The van der Waals surface area contributed by atoms with E-state index < -0.39 is 0 Å². The van der Waals surface area contributed by atoms with E-state index in [1.807, 2.05) is 12.1 Å². The van der Waals surface area contributed by atoms with Crippen LogP contribution in [0.3, 0.4) is 0 Å². The number of hydrogen-bond acceptors (Lipinski definition) is 2. The summed E-state index contributed by atoms with van der Waals surface area (Å²) in [6.07, 6.45) is 2.47. The van der Waals surface area contributed by atoms with Gasteiger partial charge >= 0.3 is 0 Å². The van der Waals surface area contributed by atoms with Crippen LogP contribution in [0.15, 0.2) is 42.7 Å². The Bertz CT molecular complexity index is 820. The van der Waals surface area contributed by atoms with E-state index in [1.54, 1.807) is 12.4 Å². The zero-order valence-corrected chi connectivity index (χ0v) is 12.8. The molecular formula is C18H19N3O. The number of nitrogens with one attached hydrogen (secondary N) is 2. The van der Waals surface area contributed by atoms with Crippen LogP contribution in [0.5, 0.6) is 0 Å². The van der Waals surface area contributed by atoms with Gasteiger partial charge in [0.2, 0.25) is 0 Å². The number of carbonyl (C=O) groups excluding carboxylic acids is 1. The van der Waals surface area contributed by atoms with E-state index in [0.717, 1.165) is 17.5 Å². The molecule has 0 saturated heterocycles. The van der Waals surface area contributed by atoms with Crippen molar-refractivity contribution in [3.8, 4) is 0 Å². The summed E-state index contributed by atoms with van der Waals surface area (Å²) in [7, 11) is 0. The van der Waals surface area contributed by atoms with Gasteiger partial charge in [-0.05, 0) is 49.6 Å². The van der Waals surface area contributed by atoms with Crippen molar-refractivity contribution in [3.05, 3.63) is 65.0 Å². The summed E-state index contributed by atoms with van der Waals surface area (Å²) in [6.45, 7) is 4.81. The van der Waals surface area contributed by atoms with E-state index in [-0.39, 0.29) is 5.91 Å². The fraction of sp³-hybridized carbons (Fsp3) is 0.222. The molecule has 4 nitrogen and oxygen atoms in total. The average Bonchev–Trinajstić information content (AvgIpc) is 2.98. The lowest BCUT2D eigenvalue weighted by Gasteiger charge is -2.09. The fourth-order valence-electron chi connectivity index (χ4n) is 2.56. The molecule has 1 amide bonds. The van der Waals surface area contributed by atoms with E-state index in [4.69, 9.17) is 0 Å². The van der Waals surface area contributed by atoms with Gasteiger partial charge in [-0.15, -0.1) is 0 Å². The molecule has 0 unspecified atom stereocenters. The smallest absolute Gasteiger partial charge is 0.251 e. The number of H-pyrrole nitrogens is 1. The van der Waals surface area contributed by atoms with Gasteiger partial charge in [0.15, 0.2) is 0 Å². The molecule has 1 aromatic heterocycles. The van der Waals surface area contributed by atoms with Gasteiger partial charge in [-0.2, -0.15) is 0 Å². The molecule has 0 aliphatic heterocycles. The van der Waals surface area contributed by atoms with Crippen molar-refractivity contribution in [3.63, 3.8) is 0 Å². The lowest BCUT2D eigenvalue weighted by Crippen LogP contribution is -2.25. The van der Waals surface area contributed by atoms with Crippen LogP contribution in [0.4, 0.5) is 0 Å². The maximum absolute atomic E-state index is 12.2. The first-order valence-corrected chi connectivity index (χ1v) is 7.41. The number of benzene rings is 2. The zero-order valence-electron chi connectivity index (χ0n) is 12.8. The molecule has 0 saturated carbocycles. The highest BCUT2D eigenvalue weighted by atomic mass is 16.1. The van der Waals surface area contributed by atoms with Crippen LogP contribution in [-0.4, -0.2) is 22.4 Å². The SMILES string of the molecule is Cc1ccc(C)c(CCNC(=O)c2ccc3nc[nH]c3c2)c1. The first-order chi connectivity index (χ1) is 10.6. The number of fused-ring (bicyclic) bond motifs is 1. The number of amides is 1. The average molecular weight is 293 g/mol. The second-order valence-electron chi connectivity index (χ2n) is 5.57. The maximum Gasteiger partial charge on any atom is 0.251 e. The van der Waals surface area contributed by atoms with Crippen molar-refractivity contribution < 1.29 is 4.79 Å². The van der Waals surface area contributed by atoms with E-state index in [0.29, 0.717) is 12.1 Å². The molecule has 0 spiro atoms. The normalized spacial score (nSPS) is 10.8. The van der Waals surface area contributed by atoms with E-state index in [1.165, 1.54) is 16.7 Å². The molecule has 0 atom stereocenters. The summed E-state index contributed by atoms with van der Waals surface area (Å²) in [5.74, 6) is -0.0539. The molecule has 0 aliphatic rings. The van der Waals surface area contributed by atoms with Gasteiger partial charge in [-0.1, -0.05) is 23.8 Å². The van der Waals surface area contributed by atoms with Crippen LogP contribution in [0.1, 0.15) is 27.0 Å². The summed E-state index contributed by atoms with van der Waals surface area (Å²) < 4.78 is 0. The van der Waals surface area contributed by atoms with Crippen molar-refractivity contribution in [2.75, 3.05) is 6.54 Å². The Hall–Kier alpha value is -2.62. The third-order valence-corrected chi connectivity index (χ3v) is 3.87. The molecule has 3 rings (SSSR count). The highest BCUT2D eigenvalue weighted by molar-refractivity contribution is 5.97. The molecule has 2 N–H and O–H groups in total. The lowest BCUT2D eigenvalue weighted by molar-refractivity contribution is 0.0954. The fourth-order valence-corrected chi connectivity index (χ4v) is 2.56. The van der Waals surface area contributed by atoms with Crippen molar-refractivity contribution in [2.24, 2.45) is 0 Å². The predicted molar refractivity (Wildman–Crippen MR) is 88.0 cm³/mol. The van der Waals surface area contributed by atoms with Crippen molar-refractivity contribution >= 4 is 16.9 Å². The van der Waals surface area contributed by atoms with E-state index >= 15 is 0 Å². The number of carbonyl (C=O) groups is 1. The van der Waals surface area contributed by atoms with Crippen LogP contribution < -0.4 is 5.32 Å². The van der Waals surface area contributed by atoms with Crippen LogP contribution >= 0.6 is 0 Å². The van der Waals surface area contributed by atoms with Gasteiger partial charge in [-0.25, -0.2) is 4.98 Å². The number of aromatic nitrogens is 2. The maximum atomic E-state index is 12.2. The van der Waals surface area contributed by atoms with Gasteiger partial charge in [0.05, 0.1) is 17.4 Å². The van der Waals surface area contributed by atoms with Crippen LogP contribution in [-0.2, 0) is 6.42 Å². The second-order valence-corrected chi connectivity index (χ2v) is 5.57. The predicted octanol–water partition coefficient (Wildman–Crippen LogP) is 3.15. The van der Waals surface area contributed by atoms with Gasteiger partial charge in [0.1, 0.15) is 0 Å². The second kappa shape index (κ2) is 6.02. The number of hydrogen-bond donors (Lipinski definition) is 2. The van der Waals surface area contributed by atoms with Crippen molar-refractivity contribution in [1.29, 1.82) is 0 Å². The van der Waals surface area contributed by atoms with Crippen LogP contribution in [0, 0.1) is 13.8 Å². The molecule has 2 aromatic carbocycles. The number of rotatable bonds is 4. The van der Waals surface area contributed by atoms with E-state index in [9.17, 15) is 4.79 Å². The highest BCUT2D eigenvalue weighted by Gasteiger charge is 2.07. The minimum absolute atomic E-state index is 0.0539. The first-order valence-electron chi connectivity index (χ1n) is 7.41. The minimum atomic E-state index is -0.0539.